The average molecular weight is 441 g/mol. The van der Waals surface area contributed by atoms with E-state index in [1.165, 1.54) is 4.88 Å². The molecule has 1 N–H and O–H groups in total. The summed E-state index contributed by atoms with van der Waals surface area (Å²) >= 11 is 1.72. The lowest BCUT2D eigenvalue weighted by atomic mass is 10.2. The fourth-order valence-electron chi connectivity index (χ4n) is 3.97. The maximum atomic E-state index is 12.6. The summed E-state index contributed by atoms with van der Waals surface area (Å²) in [5, 5.41) is 9.26. The van der Waals surface area contributed by atoms with E-state index in [1.54, 1.807) is 17.4 Å². The first-order valence-corrected chi connectivity index (χ1v) is 11.3. The van der Waals surface area contributed by atoms with Gasteiger partial charge in [0.15, 0.2) is 5.82 Å². The van der Waals surface area contributed by atoms with Crippen LogP contribution in [0.25, 0.3) is 11.9 Å². The summed E-state index contributed by atoms with van der Waals surface area (Å²) in [7, 11) is 0. The molecule has 1 saturated heterocycles. The normalized spacial score (nSPS) is 16.1. The van der Waals surface area contributed by atoms with E-state index in [9.17, 15) is 4.79 Å². The van der Waals surface area contributed by atoms with Crippen LogP contribution < -0.4 is 5.32 Å². The summed E-state index contributed by atoms with van der Waals surface area (Å²) in [4.78, 5) is 16.2. The quantitative estimate of drug-likeness (QED) is 0.568. The van der Waals surface area contributed by atoms with E-state index in [0.717, 1.165) is 54.8 Å². The number of thiophene rings is 1. The van der Waals surface area contributed by atoms with Crippen molar-refractivity contribution in [2.24, 2.45) is 0 Å². The van der Waals surface area contributed by atoms with Crippen molar-refractivity contribution in [3.05, 3.63) is 63.3 Å². The minimum atomic E-state index is -0.100. The van der Waals surface area contributed by atoms with Gasteiger partial charge in [0.05, 0.1) is 19.3 Å². The highest BCUT2D eigenvalue weighted by Gasteiger charge is 2.23. The molecule has 164 valence electrons. The van der Waals surface area contributed by atoms with E-state index in [-0.39, 0.29) is 11.9 Å². The maximum absolute atomic E-state index is 12.6. The lowest BCUT2D eigenvalue weighted by Crippen LogP contribution is -2.43. The van der Waals surface area contributed by atoms with E-state index in [1.807, 2.05) is 43.5 Å². The second-order valence-electron chi connectivity index (χ2n) is 7.72. The van der Waals surface area contributed by atoms with Gasteiger partial charge in [0.1, 0.15) is 5.76 Å². The zero-order chi connectivity index (χ0) is 21.8. The van der Waals surface area contributed by atoms with Crippen LogP contribution in [0.3, 0.4) is 0 Å². The SMILES string of the molecule is Cc1cc(-n2c(C)cc(C=CC(=O)NCC(c3cccs3)N3CCOCC3)c2C)no1. The summed E-state index contributed by atoms with van der Waals surface area (Å²) in [6, 6.07) is 8.30. The monoisotopic (exact) mass is 440 g/mol. The first-order chi connectivity index (χ1) is 15.0. The molecule has 1 fully saturated rings. The zero-order valence-corrected chi connectivity index (χ0v) is 18.9. The van der Waals surface area contributed by atoms with Gasteiger partial charge in [0, 0.05) is 48.0 Å². The average Bonchev–Trinajstić information content (AvgIpc) is 3.49. The van der Waals surface area contributed by atoms with Gasteiger partial charge < -0.3 is 14.6 Å². The molecule has 3 aromatic rings. The van der Waals surface area contributed by atoms with Crippen LogP contribution in [0.1, 0.15) is 33.6 Å². The van der Waals surface area contributed by atoms with Crippen molar-refractivity contribution in [3.63, 3.8) is 0 Å². The summed E-state index contributed by atoms with van der Waals surface area (Å²) in [5.41, 5.74) is 3.03. The number of aryl methyl sites for hydroxylation is 2. The number of rotatable bonds is 7. The minimum Gasteiger partial charge on any atom is -0.379 e. The third kappa shape index (κ3) is 4.98. The Balaban J connectivity index is 1.42. The molecule has 1 unspecified atom stereocenters. The number of ether oxygens (including phenoxy) is 1. The van der Waals surface area contributed by atoms with E-state index in [2.05, 4.69) is 32.9 Å². The number of hydrogen-bond donors (Lipinski definition) is 1. The second kappa shape index (κ2) is 9.64. The molecule has 7 nitrogen and oxygen atoms in total. The number of hydrogen-bond acceptors (Lipinski definition) is 6. The van der Waals surface area contributed by atoms with Gasteiger partial charge in [-0.25, -0.2) is 0 Å². The summed E-state index contributed by atoms with van der Waals surface area (Å²) in [6.45, 7) is 9.69. The van der Waals surface area contributed by atoms with Crippen molar-refractivity contribution in [3.8, 4) is 5.82 Å². The van der Waals surface area contributed by atoms with Crippen LogP contribution in [0.15, 0.2) is 40.2 Å². The molecule has 0 bridgehead atoms. The van der Waals surface area contributed by atoms with Gasteiger partial charge in [-0.15, -0.1) is 11.3 Å². The number of morpholine rings is 1. The molecule has 1 aliphatic heterocycles. The first kappa shape index (κ1) is 21.5. The summed E-state index contributed by atoms with van der Waals surface area (Å²) in [5.74, 6) is 1.41. The van der Waals surface area contributed by atoms with Gasteiger partial charge in [-0.05, 0) is 49.9 Å². The lowest BCUT2D eigenvalue weighted by Gasteiger charge is -2.34. The summed E-state index contributed by atoms with van der Waals surface area (Å²) in [6.07, 6.45) is 3.46. The van der Waals surface area contributed by atoms with Crippen molar-refractivity contribution in [2.75, 3.05) is 32.8 Å². The standard InChI is InChI=1S/C23H28N4O3S/c1-16-13-19(18(3)27(16)22-14-17(2)30-25-22)6-7-23(28)24-15-20(21-5-4-12-31-21)26-8-10-29-11-9-26/h4-7,12-14,20H,8-11,15H2,1-3H3,(H,24,28). The molecule has 1 aliphatic rings. The Kier molecular flexibility index (Phi) is 6.70. The minimum absolute atomic E-state index is 0.100. The number of nitrogens with zero attached hydrogens (tertiary/aromatic N) is 3. The third-order valence-corrected chi connectivity index (χ3v) is 6.53. The number of nitrogens with one attached hydrogen (secondary N) is 1. The van der Waals surface area contributed by atoms with Crippen LogP contribution in [0.2, 0.25) is 0 Å². The molecule has 3 aromatic heterocycles. The van der Waals surface area contributed by atoms with Crippen LogP contribution in [0, 0.1) is 20.8 Å². The van der Waals surface area contributed by atoms with E-state index in [0.29, 0.717) is 6.54 Å². The van der Waals surface area contributed by atoms with Gasteiger partial charge >= 0.3 is 0 Å². The molecule has 8 heteroatoms. The second-order valence-corrected chi connectivity index (χ2v) is 8.69. The number of carbonyl (C=O) groups excluding carboxylic acids is 1. The van der Waals surface area contributed by atoms with Crippen molar-refractivity contribution >= 4 is 23.3 Å². The molecular formula is C23H28N4O3S. The molecule has 31 heavy (non-hydrogen) atoms. The molecule has 0 aliphatic carbocycles. The molecule has 1 atom stereocenters. The predicted molar refractivity (Wildman–Crippen MR) is 122 cm³/mol. The highest BCUT2D eigenvalue weighted by molar-refractivity contribution is 7.10. The fourth-order valence-corrected chi connectivity index (χ4v) is 4.83. The largest absolute Gasteiger partial charge is 0.379 e. The van der Waals surface area contributed by atoms with Crippen LogP contribution in [-0.4, -0.2) is 53.4 Å². The molecule has 0 radical (unpaired) electrons. The van der Waals surface area contributed by atoms with E-state index < -0.39 is 0 Å². The highest BCUT2D eigenvalue weighted by atomic mass is 32.1. The van der Waals surface area contributed by atoms with Crippen LogP contribution in [0.5, 0.6) is 0 Å². The Morgan fingerprint density at radius 2 is 2.10 bits per heavy atom. The van der Waals surface area contributed by atoms with Crippen molar-refractivity contribution in [1.29, 1.82) is 0 Å². The van der Waals surface area contributed by atoms with E-state index in [4.69, 9.17) is 9.26 Å². The molecule has 4 heterocycles. The van der Waals surface area contributed by atoms with Crippen molar-refractivity contribution in [2.45, 2.75) is 26.8 Å². The Morgan fingerprint density at radius 1 is 1.29 bits per heavy atom. The number of aromatic nitrogens is 2. The van der Waals surface area contributed by atoms with Gasteiger partial charge in [0.25, 0.3) is 0 Å². The number of amides is 1. The zero-order valence-electron chi connectivity index (χ0n) is 18.1. The maximum Gasteiger partial charge on any atom is 0.244 e. The Morgan fingerprint density at radius 3 is 2.77 bits per heavy atom. The van der Waals surface area contributed by atoms with Gasteiger partial charge in [-0.3, -0.25) is 14.3 Å². The Hall–Kier alpha value is -2.68. The Labute approximate surface area is 186 Å². The van der Waals surface area contributed by atoms with Crippen LogP contribution in [-0.2, 0) is 9.53 Å². The highest BCUT2D eigenvalue weighted by Crippen LogP contribution is 2.25. The molecule has 4 rings (SSSR count). The van der Waals surface area contributed by atoms with Crippen LogP contribution >= 0.6 is 11.3 Å². The smallest absolute Gasteiger partial charge is 0.244 e. The molecule has 0 saturated carbocycles. The fraction of sp³-hybridized carbons (Fsp3) is 0.391. The van der Waals surface area contributed by atoms with Gasteiger partial charge in [-0.2, -0.15) is 0 Å². The van der Waals surface area contributed by atoms with Gasteiger partial charge in [-0.1, -0.05) is 11.2 Å². The predicted octanol–water partition coefficient (Wildman–Crippen LogP) is 3.65. The van der Waals surface area contributed by atoms with Crippen LogP contribution in [0.4, 0.5) is 0 Å². The molecule has 0 spiro atoms. The molecule has 1 amide bonds. The first-order valence-electron chi connectivity index (χ1n) is 10.5. The topological polar surface area (TPSA) is 72.5 Å². The Bertz CT molecular complexity index is 1050. The summed E-state index contributed by atoms with van der Waals surface area (Å²) < 4.78 is 12.7. The molecule has 0 aromatic carbocycles. The van der Waals surface area contributed by atoms with Crippen molar-refractivity contribution < 1.29 is 14.1 Å². The van der Waals surface area contributed by atoms with Crippen molar-refractivity contribution in [1.82, 2.24) is 19.9 Å². The third-order valence-electron chi connectivity index (χ3n) is 5.56. The number of carbonyl (C=O) groups is 1. The lowest BCUT2D eigenvalue weighted by molar-refractivity contribution is -0.116. The van der Waals surface area contributed by atoms with Gasteiger partial charge in [0.2, 0.25) is 5.91 Å². The molecular weight excluding hydrogens is 412 g/mol. The van der Waals surface area contributed by atoms with E-state index >= 15 is 0 Å².